The van der Waals surface area contributed by atoms with Crippen molar-refractivity contribution >= 4 is 11.7 Å². The Balaban J connectivity index is 1.22. The molecule has 4 aromatic rings. The monoisotopic (exact) mass is 410 g/mol. The maximum absolute atomic E-state index is 12.9. The average Bonchev–Trinajstić information content (AvgIpc) is 3.73. The van der Waals surface area contributed by atoms with Crippen molar-refractivity contribution in [1.29, 1.82) is 0 Å². The lowest BCUT2D eigenvalue weighted by molar-refractivity contribution is 0.102. The summed E-state index contributed by atoms with van der Waals surface area (Å²) in [6.45, 7) is 0. The van der Waals surface area contributed by atoms with E-state index in [9.17, 15) is 4.79 Å². The van der Waals surface area contributed by atoms with Crippen molar-refractivity contribution in [3.05, 3.63) is 78.6 Å². The molecule has 2 aliphatic carbocycles. The first-order valence-electron chi connectivity index (χ1n) is 10.7. The summed E-state index contributed by atoms with van der Waals surface area (Å²) in [6.07, 6.45) is 12.5. The second kappa shape index (κ2) is 7.19. The summed E-state index contributed by atoms with van der Waals surface area (Å²) in [7, 11) is 0. The van der Waals surface area contributed by atoms with E-state index in [1.54, 1.807) is 18.3 Å². The Hall–Kier alpha value is -3.74. The number of amides is 1. The molecule has 0 aliphatic heterocycles. The Kier molecular flexibility index (Phi) is 4.19. The van der Waals surface area contributed by atoms with Gasteiger partial charge in [0.25, 0.3) is 5.91 Å². The molecule has 0 unspecified atom stereocenters. The molecule has 0 radical (unpaired) electrons. The molecule has 0 atom stereocenters. The molecule has 2 fully saturated rings. The number of hydrogen-bond acceptors (Lipinski definition) is 4. The van der Waals surface area contributed by atoms with E-state index >= 15 is 0 Å². The highest BCUT2D eigenvalue weighted by Crippen LogP contribution is 2.39. The fourth-order valence-electron chi connectivity index (χ4n) is 3.85. The van der Waals surface area contributed by atoms with E-state index in [0.717, 1.165) is 22.9 Å². The van der Waals surface area contributed by atoms with E-state index < -0.39 is 0 Å². The summed E-state index contributed by atoms with van der Waals surface area (Å²) in [5, 5.41) is 2.93. The van der Waals surface area contributed by atoms with Crippen molar-refractivity contribution in [3.8, 4) is 17.2 Å². The number of nitrogens with zero attached hydrogens (tertiary/aromatic N) is 5. The van der Waals surface area contributed by atoms with Crippen LogP contribution in [0.25, 0.3) is 17.2 Å². The standard InChI is InChI=1S/C24H22N6O/c31-24(17-3-1-4-19(13-17)29-14-21(26-15-29)16-7-8-16)28-22-6-2-5-20(27-22)23-25-11-12-30(23)18-9-10-18/h1-6,11-16,18H,7-10H2,(H,27,28,31). The number of anilines is 1. The number of benzene rings is 1. The van der Waals surface area contributed by atoms with Crippen LogP contribution in [-0.2, 0) is 0 Å². The van der Waals surface area contributed by atoms with Gasteiger partial charge in [0.15, 0.2) is 5.82 Å². The van der Waals surface area contributed by atoms with Gasteiger partial charge in [0, 0.05) is 41.8 Å². The molecule has 154 valence electrons. The molecule has 0 bridgehead atoms. The second-order valence-electron chi connectivity index (χ2n) is 8.28. The van der Waals surface area contributed by atoms with Crippen LogP contribution in [0.4, 0.5) is 5.82 Å². The van der Waals surface area contributed by atoms with Gasteiger partial charge in [0.1, 0.15) is 11.5 Å². The van der Waals surface area contributed by atoms with Crippen LogP contribution >= 0.6 is 0 Å². The summed E-state index contributed by atoms with van der Waals surface area (Å²) >= 11 is 0. The van der Waals surface area contributed by atoms with Crippen LogP contribution in [0.2, 0.25) is 0 Å². The van der Waals surface area contributed by atoms with Gasteiger partial charge in [0.2, 0.25) is 0 Å². The van der Waals surface area contributed by atoms with Gasteiger partial charge in [-0.1, -0.05) is 12.1 Å². The third-order valence-electron chi connectivity index (χ3n) is 5.83. The van der Waals surface area contributed by atoms with E-state index in [-0.39, 0.29) is 5.91 Å². The van der Waals surface area contributed by atoms with Gasteiger partial charge < -0.3 is 14.5 Å². The van der Waals surface area contributed by atoms with Gasteiger partial charge in [-0.05, 0) is 56.0 Å². The molecule has 0 spiro atoms. The molecule has 31 heavy (non-hydrogen) atoms. The Labute approximate surface area is 179 Å². The number of carbonyl (C=O) groups excluding carboxylic acids is 1. The normalized spacial score (nSPS) is 15.7. The maximum atomic E-state index is 12.9. The Bertz CT molecular complexity index is 1260. The van der Waals surface area contributed by atoms with E-state index in [4.69, 9.17) is 0 Å². The third-order valence-corrected chi connectivity index (χ3v) is 5.83. The number of pyridine rings is 1. The molecule has 6 rings (SSSR count). The van der Waals surface area contributed by atoms with Crippen molar-refractivity contribution < 1.29 is 4.79 Å². The highest BCUT2D eigenvalue weighted by atomic mass is 16.1. The highest BCUT2D eigenvalue weighted by Gasteiger charge is 2.27. The lowest BCUT2D eigenvalue weighted by Crippen LogP contribution is -2.13. The zero-order valence-corrected chi connectivity index (χ0v) is 17.0. The van der Waals surface area contributed by atoms with Crippen molar-refractivity contribution in [1.82, 2.24) is 24.1 Å². The molecular formula is C24H22N6O. The number of rotatable bonds is 6. The van der Waals surface area contributed by atoms with E-state index in [1.165, 1.54) is 25.7 Å². The molecule has 2 saturated carbocycles. The van der Waals surface area contributed by atoms with Crippen molar-refractivity contribution in [3.63, 3.8) is 0 Å². The molecule has 1 aromatic carbocycles. The summed E-state index contributed by atoms with van der Waals surface area (Å²) in [6, 6.07) is 13.7. The van der Waals surface area contributed by atoms with Gasteiger partial charge in [-0.2, -0.15) is 0 Å². The minimum Gasteiger partial charge on any atom is -0.327 e. The van der Waals surface area contributed by atoms with Crippen LogP contribution in [0.3, 0.4) is 0 Å². The molecule has 3 heterocycles. The number of aromatic nitrogens is 5. The molecular weight excluding hydrogens is 388 g/mol. The Morgan fingerprint density at radius 1 is 1.03 bits per heavy atom. The van der Waals surface area contributed by atoms with E-state index in [0.29, 0.717) is 23.3 Å². The summed E-state index contributed by atoms with van der Waals surface area (Å²) in [5.74, 6) is 1.75. The molecule has 3 aromatic heterocycles. The molecule has 2 aliphatic rings. The van der Waals surface area contributed by atoms with Gasteiger partial charge in [-0.25, -0.2) is 15.0 Å². The lowest BCUT2D eigenvalue weighted by atomic mass is 10.2. The predicted octanol–water partition coefficient (Wildman–Crippen LogP) is 4.60. The highest BCUT2D eigenvalue weighted by molar-refractivity contribution is 6.04. The van der Waals surface area contributed by atoms with Gasteiger partial charge >= 0.3 is 0 Å². The second-order valence-corrected chi connectivity index (χ2v) is 8.28. The minimum absolute atomic E-state index is 0.195. The molecule has 7 heteroatoms. The summed E-state index contributed by atoms with van der Waals surface area (Å²) < 4.78 is 4.14. The Morgan fingerprint density at radius 2 is 1.90 bits per heavy atom. The fourth-order valence-corrected chi connectivity index (χ4v) is 3.85. The topological polar surface area (TPSA) is 77.6 Å². The van der Waals surface area contributed by atoms with Gasteiger partial charge in [0.05, 0.1) is 12.0 Å². The summed E-state index contributed by atoms with van der Waals surface area (Å²) in [4.78, 5) is 26.5. The maximum Gasteiger partial charge on any atom is 0.256 e. The predicted molar refractivity (Wildman–Crippen MR) is 117 cm³/mol. The molecule has 0 saturated heterocycles. The molecule has 7 nitrogen and oxygen atoms in total. The van der Waals surface area contributed by atoms with E-state index in [2.05, 4.69) is 31.0 Å². The van der Waals surface area contributed by atoms with Crippen LogP contribution in [0, 0.1) is 0 Å². The smallest absolute Gasteiger partial charge is 0.256 e. The largest absolute Gasteiger partial charge is 0.327 e. The van der Waals surface area contributed by atoms with E-state index in [1.807, 2.05) is 47.4 Å². The van der Waals surface area contributed by atoms with Crippen LogP contribution in [0.1, 0.15) is 53.7 Å². The number of imidazole rings is 2. The third kappa shape index (κ3) is 3.63. The van der Waals surface area contributed by atoms with Crippen LogP contribution in [-0.4, -0.2) is 30.0 Å². The zero-order valence-electron chi connectivity index (χ0n) is 17.0. The quantitative estimate of drug-likeness (QED) is 0.504. The SMILES string of the molecule is O=C(Nc1cccc(-c2nccn2C2CC2)n1)c1cccc(-n2cnc(C3CC3)c2)c1. The lowest BCUT2D eigenvalue weighted by Gasteiger charge is -2.09. The van der Waals surface area contributed by atoms with Crippen molar-refractivity contribution in [2.75, 3.05) is 5.32 Å². The molecule has 1 N–H and O–H groups in total. The van der Waals surface area contributed by atoms with Crippen LogP contribution in [0.5, 0.6) is 0 Å². The van der Waals surface area contributed by atoms with Crippen LogP contribution in [0.15, 0.2) is 67.4 Å². The van der Waals surface area contributed by atoms with Crippen molar-refractivity contribution in [2.24, 2.45) is 0 Å². The first-order chi connectivity index (χ1) is 15.2. The number of nitrogens with one attached hydrogen (secondary N) is 1. The summed E-state index contributed by atoms with van der Waals surface area (Å²) in [5.41, 5.74) is 3.38. The Morgan fingerprint density at radius 3 is 2.74 bits per heavy atom. The van der Waals surface area contributed by atoms with Crippen molar-refractivity contribution in [2.45, 2.75) is 37.6 Å². The van der Waals surface area contributed by atoms with Gasteiger partial charge in [-0.3, -0.25) is 4.79 Å². The van der Waals surface area contributed by atoms with Gasteiger partial charge in [-0.15, -0.1) is 0 Å². The fraction of sp³-hybridized carbons (Fsp3) is 0.250. The first kappa shape index (κ1) is 18.1. The first-order valence-corrected chi connectivity index (χ1v) is 10.7. The number of carbonyl (C=O) groups is 1. The minimum atomic E-state index is -0.195. The zero-order chi connectivity index (χ0) is 20.8. The molecule has 1 amide bonds. The van der Waals surface area contributed by atoms with Crippen LogP contribution < -0.4 is 5.32 Å². The average molecular weight is 410 g/mol. The number of hydrogen-bond donors (Lipinski definition) is 1.